The zero-order valence-corrected chi connectivity index (χ0v) is 8.98. The average molecular weight is 232 g/mol. The van der Waals surface area contributed by atoms with Crippen molar-refractivity contribution in [1.29, 1.82) is 0 Å². The first kappa shape index (κ1) is 9.80. The first-order valence-corrected chi connectivity index (χ1v) is 6.48. The van der Waals surface area contributed by atoms with Crippen LogP contribution in [0.4, 0.5) is 5.69 Å². The lowest BCUT2D eigenvalue weighted by atomic mass is 10.3. The summed E-state index contributed by atoms with van der Waals surface area (Å²) in [6, 6.07) is 7.33. The van der Waals surface area contributed by atoms with Gasteiger partial charge >= 0.3 is 0 Å². The van der Waals surface area contributed by atoms with Gasteiger partial charge in [-0.2, -0.15) is 0 Å². The summed E-state index contributed by atoms with van der Waals surface area (Å²) in [6.07, 6.45) is 0. The van der Waals surface area contributed by atoms with Gasteiger partial charge in [0.15, 0.2) is 9.84 Å². The number of nitrogens with one attached hydrogen (secondary N) is 1. The van der Waals surface area contributed by atoms with Gasteiger partial charge in [-0.1, -0.05) is 23.7 Å². The molecule has 1 aromatic rings. The van der Waals surface area contributed by atoms with E-state index in [1.807, 2.05) is 18.2 Å². The molecule has 0 aromatic heterocycles. The van der Waals surface area contributed by atoms with Gasteiger partial charge in [0.2, 0.25) is 0 Å². The molecule has 0 bridgehead atoms. The second-order valence-electron chi connectivity index (χ2n) is 3.40. The predicted molar refractivity (Wildman–Crippen MR) is 57.5 cm³/mol. The smallest absolute Gasteiger partial charge is 0.154 e. The number of hydrogen-bond donors (Lipinski definition) is 1. The second-order valence-corrected chi connectivity index (χ2v) is 5.96. The van der Waals surface area contributed by atoms with Gasteiger partial charge in [0.1, 0.15) is 0 Å². The van der Waals surface area contributed by atoms with Gasteiger partial charge < -0.3 is 5.32 Å². The van der Waals surface area contributed by atoms with Crippen LogP contribution in [0.15, 0.2) is 24.3 Å². The fourth-order valence-electron chi connectivity index (χ4n) is 1.45. The number of hydrogen-bond acceptors (Lipinski definition) is 3. The van der Waals surface area contributed by atoms with Gasteiger partial charge in [0.25, 0.3) is 0 Å². The molecule has 0 unspecified atom stereocenters. The third kappa shape index (κ3) is 2.01. The largest absolute Gasteiger partial charge is 0.379 e. The summed E-state index contributed by atoms with van der Waals surface area (Å²) in [5.74, 6) is 0.413. The van der Waals surface area contributed by atoms with Crippen LogP contribution in [0.25, 0.3) is 0 Å². The summed E-state index contributed by atoms with van der Waals surface area (Å²) in [6.45, 7) is 0. The van der Waals surface area contributed by atoms with Crippen molar-refractivity contribution >= 4 is 27.1 Å². The fraction of sp³-hybridized carbons (Fsp3) is 0.333. The molecule has 5 heteroatoms. The normalized spacial score (nSPS) is 20.1. The van der Waals surface area contributed by atoms with Crippen LogP contribution in [0.2, 0.25) is 5.02 Å². The van der Waals surface area contributed by atoms with E-state index in [0.717, 1.165) is 5.69 Å². The van der Waals surface area contributed by atoms with Gasteiger partial charge in [0.05, 0.1) is 28.3 Å². The van der Waals surface area contributed by atoms with Crippen LogP contribution in [0.3, 0.4) is 0 Å². The Bertz CT molecular complexity index is 432. The quantitative estimate of drug-likeness (QED) is 0.840. The van der Waals surface area contributed by atoms with Crippen molar-refractivity contribution in [3.63, 3.8) is 0 Å². The molecular formula is C9H10ClNO2S. The molecule has 2 rings (SSSR count). The van der Waals surface area contributed by atoms with Crippen LogP contribution < -0.4 is 5.32 Å². The predicted octanol–water partition coefficient (Wildman–Crippen LogP) is 1.55. The highest BCUT2D eigenvalue weighted by atomic mass is 35.5. The van der Waals surface area contributed by atoms with Crippen LogP contribution in [-0.2, 0) is 9.84 Å². The summed E-state index contributed by atoms with van der Waals surface area (Å²) < 4.78 is 21.8. The van der Waals surface area contributed by atoms with Crippen molar-refractivity contribution in [3.8, 4) is 0 Å². The van der Waals surface area contributed by atoms with E-state index in [1.165, 1.54) is 0 Å². The highest BCUT2D eigenvalue weighted by molar-refractivity contribution is 7.92. The average Bonchev–Trinajstić information content (AvgIpc) is 2.05. The van der Waals surface area contributed by atoms with Crippen LogP contribution in [-0.4, -0.2) is 26.0 Å². The summed E-state index contributed by atoms with van der Waals surface area (Å²) in [5, 5.41) is 3.71. The topological polar surface area (TPSA) is 46.2 Å². The molecule has 0 atom stereocenters. The number of anilines is 1. The third-order valence-electron chi connectivity index (χ3n) is 2.14. The number of rotatable bonds is 2. The van der Waals surface area contributed by atoms with Gasteiger partial charge in [-0.05, 0) is 12.1 Å². The summed E-state index contributed by atoms with van der Waals surface area (Å²) >= 11 is 5.91. The van der Waals surface area contributed by atoms with Crippen molar-refractivity contribution in [3.05, 3.63) is 29.3 Å². The Hall–Kier alpha value is -0.740. The molecule has 76 valence electrons. The van der Waals surface area contributed by atoms with Crippen LogP contribution >= 0.6 is 11.6 Å². The maximum absolute atomic E-state index is 10.9. The molecule has 0 radical (unpaired) electrons. The molecule has 1 heterocycles. The molecule has 1 aliphatic heterocycles. The maximum Gasteiger partial charge on any atom is 0.154 e. The van der Waals surface area contributed by atoms with Gasteiger partial charge in [-0.3, -0.25) is 0 Å². The molecule has 0 spiro atoms. The van der Waals surface area contributed by atoms with E-state index in [9.17, 15) is 8.42 Å². The number of sulfone groups is 1. The molecule has 1 aromatic carbocycles. The molecule has 1 aliphatic rings. The SMILES string of the molecule is O=S1(=O)CC(Nc2ccccc2Cl)C1. The highest BCUT2D eigenvalue weighted by Crippen LogP contribution is 2.24. The van der Waals surface area contributed by atoms with E-state index in [-0.39, 0.29) is 17.5 Å². The van der Waals surface area contributed by atoms with E-state index >= 15 is 0 Å². The lowest BCUT2D eigenvalue weighted by Crippen LogP contribution is -2.46. The zero-order valence-electron chi connectivity index (χ0n) is 7.40. The second kappa shape index (κ2) is 3.44. The number of benzene rings is 1. The van der Waals surface area contributed by atoms with Gasteiger partial charge in [-0.15, -0.1) is 0 Å². The van der Waals surface area contributed by atoms with Crippen molar-refractivity contribution in [1.82, 2.24) is 0 Å². The lowest BCUT2D eigenvalue weighted by molar-refractivity contribution is 0.570. The molecule has 1 N–H and O–H groups in total. The first-order chi connectivity index (χ1) is 6.57. The Kier molecular flexibility index (Phi) is 2.41. The van der Waals surface area contributed by atoms with Crippen molar-refractivity contribution in [2.45, 2.75) is 6.04 Å². The minimum absolute atomic E-state index is 0.0138. The maximum atomic E-state index is 10.9. The Morgan fingerprint density at radius 3 is 2.50 bits per heavy atom. The molecule has 3 nitrogen and oxygen atoms in total. The zero-order chi connectivity index (χ0) is 10.2. The van der Waals surface area contributed by atoms with E-state index in [1.54, 1.807) is 6.07 Å². The van der Waals surface area contributed by atoms with Crippen LogP contribution in [0.1, 0.15) is 0 Å². The van der Waals surface area contributed by atoms with Gasteiger partial charge in [0, 0.05) is 0 Å². The Labute approximate surface area is 88.0 Å². The van der Waals surface area contributed by atoms with Gasteiger partial charge in [-0.25, -0.2) is 8.42 Å². The van der Waals surface area contributed by atoms with E-state index in [4.69, 9.17) is 11.6 Å². The highest BCUT2D eigenvalue weighted by Gasteiger charge is 2.33. The minimum Gasteiger partial charge on any atom is -0.379 e. The molecule has 0 saturated carbocycles. The molecular weight excluding hydrogens is 222 g/mol. The van der Waals surface area contributed by atoms with E-state index in [2.05, 4.69) is 5.32 Å². The van der Waals surface area contributed by atoms with Crippen LogP contribution in [0, 0.1) is 0 Å². The fourth-order valence-corrected chi connectivity index (χ4v) is 2.93. The number of para-hydroxylation sites is 1. The van der Waals surface area contributed by atoms with E-state index in [0.29, 0.717) is 5.02 Å². The van der Waals surface area contributed by atoms with Crippen LogP contribution in [0.5, 0.6) is 0 Å². The third-order valence-corrected chi connectivity index (χ3v) is 4.29. The molecule has 14 heavy (non-hydrogen) atoms. The Morgan fingerprint density at radius 1 is 1.29 bits per heavy atom. The first-order valence-electron chi connectivity index (χ1n) is 4.28. The van der Waals surface area contributed by atoms with Crippen molar-refractivity contribution in [2.24, 2.45) is 0 Å². The standard InChI is InChI=1S/C9H10ClNO2S/c10-8-3-1-2-4-9(8)11-7-5-14(12,13)6-7/h1-4,7,11H,5-6H2. The Balaban J connectivity index is 2.03. The van der Waals surface area contributed by atoms with Crippen molar-refractivity contribution in [2.75, 3.05) is 16.8 Å². The monoisotopic (exact) mass is 231 g/mol. The number of halogens is 1. The molecule has 0 aliphatic carbocycles. The Morgan fingerprint density at radius 2 is 1.93 bits per heavy atom. The molecule has 1 saturated heterocycles. The molecule has 0 amide bonds. The minimum atomic E-state index is -2.77. The lowest BCUT2D eigenvalue weighted by Gasteiger charge is -2.27. The summed E-state index contributed by atoms with van der Waals surface area (Å²) in [4.78, 5) is 0. The molecule has 1 fully saturated rings. The van der Waals surface area contributed by atoms with E-state index < -0.39 is 9.84 Å². The summed E-state index contributed by atoms with van der Waals surface area (Å²) in [7, 11) is -2.77. The summed E-state index contributed by atoms with van der Waals surface area (Å²) in [5.41, 5.74) is 0.800. The van der Waals surface area contributed by atoms with Crippen molar-refractivity contribution < 1.29 is 8.42 Å².